The molecule has 2 nitrogen and oxygen atoms in total. The van der Waals surface area contributed by atoms with Crippen LogP contribution in [0.1, 0.15) is 78.1 Å². The Morgan fingerprint density at radius 1 is 0.444 bits per heavy atom. The van der Waals surface area contributed by atoms with Crippen molar-refractivity contribution in [2.75, 3.05) is 26.4 Å². The molecular weight excluding hydrogens is 224 g/mol. The number of unbranched alkanes of at least 4 members (excludes halogenated alkanes) is 9. The first-order valence-electron chi connectivity index (χ1n) is 8.07. The smallest absolute Gasteiger partial charge is 0.0465 e. The molecule has 0 aliphatic carbocycles. The maximum atomic E-state index is 5.32. The first-order chi connectivity index (χ1) is 8.91. The van der Waals surface area contributed by atoms with E-state index >= 15 is 0 Å². The van der Waals surface area contributed by atoms with E-state index in [2.05, 4.69) is 13.8 Å². The average Bonchev–Trinajstić information content (AvgIpc) is 2.39. The van der Waals surface area contributed by atoms with Crippen LogP contribution in [0, 0.1) is 0 Å². The summed E-state index contributed by atoms with van der Waals surface area (Å²) in [6, 6.07) is 0. The van der Waals surface area contributed by atoms with Crippen molar-refractivity contribution in [1.82, 2.24) is 0 Å². The Kier molecular flexibility index (Phi) is 16.8. The third-order valence-electron chi connectivity index (χ3n) is 3.24. The summed E-state index contributed by atoms with van der Waals surface area (Å²) in [5, 5.41) is 0. The maximum absolute atomic E-state index is 5.32. The molecule has 0 amide bonds. The highest BCUT2D eigenvalue weighted by molar-refractivity contribution is 4.48. The van der Waals surface area contributed by atoms with Gasteiger partial charge in [-0.2, -0.15) is 0 Å². The summed E-state index contributed by atoms with van der Waals surface area (Å²) < 4.78 is 10.6. The zero-order chi connectivity index (χ0) is 13.3. The van der Waals surface area contributed by atoms with Gasteiger partial charge in [0.15, 0.2) is 0 Å². The van der Waals surface area contributed by atoms with Crippen molar-refractivity contribution in [3.63, 3.8) is 0 Å². The largest absolute Gasteiger partial charge is 0.382 e. The molecule has 0 rings (SSSR count). The summed E-state index contributed by atoms with van der Waals surface area (Å²) in [5.74, 6) is 0. The third-order valence-corrected chi connectivity index (χ3v) is 3.24. The van der Waals surface area contributed by atoms with E-state index < -0.39 is 0 Å². The number of hydrogen-bond acceptors (Lipinski definition) is 2. The molecule has 0 heterocycles. The molecule has 0 atom stereocenters. The summed E-state index contributed by atoms with van der Waals surface area (Å²) in [6.07, 6.45) is 13.6. The molecule has 0 bridgehead atoms. The van der Waals surface area contributed by atoms with Crippen LogP contribution in [-0.4, -0.2) is 26.4 Å². The van der Waals surface area contributed by atoms with Crippen molar-refractivity contribution < 1.29 is 9.47 Å². The summed E-state index contributed by atoms with van der Waals surface area (Å²) in [7, 11) is 0. The summed E-state index contributed by atoms with van der Waals surface area (Å²) in [5.41, 5.74) is 0. The highest BCUT2D eigenvalue weighted by Crippen LogP contribution is 2.10. The van der Waals surface area contributed by atoms with E-state index in [4.69, 9.17) is 9.47 Å². The molecule has 0 aliphatic heterocycles. The molecule has 0 radical (unpaired) electrons. The number of hydrogen-bond donors (Lipinski definition) is 0. The fourth-order valence-electron chi connectivity index (χ4n) is 2.11. The van der Waals surface area contributed by atoms with Gasteiger partial charge in [0, 0.05) is 26.4 Å². The van der Waals surface area contributed by atoms with Gasteiger partial charge >= 0.3 is 0 Å². The molecule has 110 valence electrons. The second kappa shape index (κ2) is 16.9. The Hall–Kier alpha value is -0.0800. The number of rotatable bonds is 15. The zero-order valence-electron chi connectivity index (χ0n) is 12.7. The minimum Gasteiger partial charge on any atom is -0.382 e. The van der Waals surface area contributed by atoms with Crippen LogP contribution in [0.15, 0.2) is 0 Å². The van der Waals surface area contributed by atoms with Crippen molar-refractivity contribution in [2.45, 2.75) is 78.1 Å². The highest BCUT2D eigenvalue weighted by Gasteiger charge is 1.93. The lowest BCUT2D eigenvalue weighted by Crippen LogP contribution is -1.93. The monoisotopic (exact) mass is 258 g/mol. The first-order valence-corrected chi connectivity index (χ1v) is 8.07. The van der Waals surface area contributed by atoms with Crippen LogP contribution >= 0.6 is 0 Å². The average molecular weight is 258 g/mol. The summed E-state index contributed by atoms with van der Waals surface area (Å²) >= 11 is 0. The Morgan fingerprint density at radius 3 is 1.00 bits per heavy atom. The molecule has 0 N–H and O–H groups in total. The second-order valence-electron chi connectivity index (χ2n) is 4.93. The normalized spacial score (nSPS) is 11.0. The Bertz CT molecular complexity index is 121. The SMILES string of the molecule is CCOCCCCCCCCCCCCOCC. The standard InChI is InChI=1S/C16H34O2/c1-3-17-15-13-11-9-7-5-6-8-10-12-14-16-18-4-2/h3-16H2,1-2H3. The molecule has 0 fully saturated rings. The molecule has 0 saturated carbocycles. The van der Waals surface area contributed by atoms with Crippen LogP contribution < -0.4 is 0 Å². The van der Waals surface area contributed by atoms with Crippen molar-refractivity contribution >= 4 is 0 Å². The lowest BCUT2D eigenvalue weighted by atomic mass is 10.1. The summed E-state index contributed by atoms with van der Waals surface area (Å²) in [6.45, 7) is 7.77. The fourth-order valence-corrected chi connectivity index (χ4v) is 2.11. The van der Waals surface area contributed by atoms with E-state index in [-0.39, 0.29) is 0 Å². The van der Waals surface area contributed by atoms with E-state index in [9.17, 15) is 0 Å². The molecule has 0 saturated heterocycles. The van der Waals surface area contributed by atoms with Gasteiger partial charge in [-0.25, -0.2) is 0 Å². The van der Waals surface area contributed by atoms with Crippen molar-refractivity contribution in [3.8, 4) is 0 Å². The Morgan fingerprint density at radius 2 is 0.722 bits per heavy atom. The maximum Gasteiger partial charge on any atom is 0.0465 e. The highest BCUT2D eigenvalue weighted by atomic mass is 16.5. The van der Waals surface area contributed by atoms with Crippen molar-refractivity contribution in [3.05, 3.63) is 0 Å². The first kappa shape index (κ1) is 17.9. The van der Waals surface area contributed by atoms with Crippen LogP contribution in [-0.2, 0) is 9.47 Å². The predicted molar refractivity (Wildman–Crippen MR) is 79.2 cm³/mol. The molecule has 0 aromatic carbocycles. The quantitative estimate of drug-likeness (QED) is 0.386. The molecule has 18 heavy (non-hydrogen) atoms. The predicted octanol–water partition coefficient (Wildman–Crippen LogP) is 4.96. The molecule has 0 aliphatic rings. The molecular formula is C16H34O2. The van der Waals surface area contributed by atoms with Crippen molar-refractivity contribution in [2.24, 2.45) is 0 Å². The van der Waals surface area contributed by atoms with Gasteiger partial charge in [0.05, 0.1) is 0 Å². The van der Waals surface area contributed by atoms with E-state index in [0.29, 0.717) is 0 Å². The third kappa shape index (κ3) is 15.9. The summed E-state index contributed by atoms with van der Waals surface area (Å²) in [4.78, 5) is 0. The van der Waals surface area contributed by atoms with Gasteiger partial charge in [0.1, 0.15) is 0 Å². The zero-order valence-corrected chi connectivity index (χ0v) is 12.7. The van der Waals surface area contributed by atoms with Gasteiger partial charge in [-0.3, -0.25) is 0 Å². The lowest BCUT2D eigenvalue weighted by Gasteiger charge is -2.03. The molecule has 0 aromatic rings. The fraction of sp³-hybridized carbons (Fsp3) is 1.00. The molecule has 2 heteroatoms. The number of ether oxygens (including phenoxy) is 2. The minimum atomic E-state index is 0.864. The van der Waals surface area contributed by atoms with Crippen LogP contribution in [0.4, 0.5) is 0 Å². The Balaban J connectivity index is 2.86. The van der Waals surface area contributed by atoms with Gasteiger partial charge < -0.3 is 9.47 Å². The van der Waals surface area contributed by atoms with E-state index in [0.717, 1.165) is 26.4 Å². The van der Waals surface area contributed by atoms with Crippen LogP contribution in [0.2, 0.25) is 0 Å². The van der Waals surface area contributed by atoms with E-state index in [1.165, 1.54) is 64.2 Å². The van der Waals surface area contributed by atoms with Crippen molar-refractivity contribution in [1.29, 1.82) is 0 Å². The van der Waals surface area contributed by atoms with Crippen LogP contribution in [0.5, 0.6) is 0 Å². The van der Waals surface area contributed by atoms with Gasteiger partial charge in [-0.15, -0.1) is 0 Å². The van der Waals surface area contributed by atoms with E-state index in [1.54, 1.807) is 0 Å². The topological polar surface area (TPSA) is 18.5 Å². The molecule has 0 aromatic heterocycles. The van der Waals surface area contributed by atoms with Gasteiger partial charge in [-0.05, 0) is 26.7 Å². The van der Waals surface area contributed by atoms with Crippen LogP contribution in [0.3, 0.4) is 0 Å². The van der Waals surface area contributed by atoms with Gasteiger partial charge in [0.2, 0.25) is 0 Å². The molecule has 0 spiro atoms. The Labute approximate surface area is 114 Å². The van der Waals surface area contributed by atoms with Gasteiger partial charge in [0.25, 0.3) is 0 Å². The van der Waals surface area contributed by atoms with Crippen LogP contribution in [0.25, 0.3) is 0 Å². The van der Waals surface area contributed by atoms with Gasteiger partial charge in [-0.1, -0.05) is 51.4 Å². The minimum absolute atomic E-state index is 0.864. The second-order valence-corrected chi connectivity index (χ2v) is 4.93. The molecule has 0 unspecified atom stereocenters. The lowest BCUT2D eigenvalue weighted by molar-refractivity contribution is 0.142. The van der Waals surface area contributed by atoms with E-state index in [1.807, 2.05) is 0 Å².